The van der Waals surface area contributed by atoms with Crippen molar-refractivity contribution < 1.29 is 17.1 Å². The minimum absolute atomic E-state index is 0.0571. The maximum absolute atomic E-state index is 12.8. The minimum Gasteiger partial charge on any atom is -0.311 e. The predicted molar refractivity (Wildman–Crippen MR) is 83.6 cm³/mol. The number of nitrogens with zero attached hydrogens (tertiary/aromatic N) is 1. The first-order chi connectivity index (χ1) is 9.67. The van der Waals surface area contributed by atoms with Gasteiger partial charge in [0.2, 0.25) is 5.91 Å². The minimum atomic E-state index is -4.56. The molecule has 1 heterocycles. The third-order valence-corrected chi connectivity index (χ3v) is 5.07. The summed E-state index contributed by atoms with van der Waals surface area (Å²) >= 11 is 3.45. The summed E-state index contributed by atoms with van der Waals surface area (Å²) in [6.45, 7) is 4.37. The summed E-state index contributed by atoms with van der Waals surface area (Å²) < 4.78 is 35.0. The van der Waals surface area contributed by atoms with E-state index in [2.05, 4.69) is 29.8 Å². The van der Waals surface area contributed by atoms with E-state index in [1.54, 1.807) is 0 Å². The Kier molecular flexibility index (Phi) is 4.72. The number of carbonyl (C=O) groups excluding carboxylic acids is 1. The van der Waals surface area contributed by atoms with Crippen LogP contribution >= 0.6 is 15.9 Å². The molecule has 116 valence electrons. The zero-order chi connectivity index (χ0) is 15.8. The number of halogens is 2. The molecule has 1 saturated heterocycles. The van der Waals surface area contributed by atoms with Crippen LogP contribution in [0, 0.1) is 5.92 Å². The van der Waals surface area contributed by atoms with E-state index in [1.165, 1.54) is 4.90 Å². The monoisotopic (exact) mass is 377 g/mol. The summed E-state index contributed by atoms with van der Waals surface area (Å²) in [5.74, 6) is -0.906. The van der Waals surface area contributed by atoms with Gasteiger partial charge in [0, 0.05) is 23.4 Å². The Hall–Kier alpha value is -0.950. The van der Waals surface area contributed by atoms with Crippen LogP contribution in [0.15, 0.2) is 22.7 Å². The summed E-state index contributed by atoms with van der Waals surface area (Å²) in [6, 6.07) is 5.73. The topological polar surface area (TPSA) is 54.5 Å². The molecule has 1 aromatic carbocycles. The predicted octanol–water partition coefficient (Wildman–Crippen LogP) is 3.22. The van der Waals surface area contributed by atoms with Crippen molar-refractivity contribution >= 4 is 37.7 Å². The van der Waals surface area contributed by atoms with E-state index in [1.807, 2.05) is 18.2 Å². The molecular weight excluding hydrogens is 361 g/mol. The van der Waals surface area contributed by atoms with Crippen molar-refractivity contribution in [2.75, 3.05) is 17.2 Å². The smallest absolute Gasteiger partial charge is 0.302 e. The number of amides is 1. The maximum atomic E-state index is 12.8. The van der Waals surface area contributed by atoms with E-state index in [4.69, 9.17) is 0 Å². The molecule has 1 fully saturated rings. The third kappa shape index (κ3) is 4.03. The molecule has 1 unspecified atom stereocenters. The van der Waals surface area contributed by atoms with Gasteiger partial charge in [-0.05, 0) is 39.5 Å². The largest absolute Gasteiger partial charge is 0.311 e. The molecule has 1 aliphatic rings. The Morgan fingerprint density at radius 3 is 2.62 bits per heavy atom. The fourth-order valence-electron chi connectivity index (χ4n) is 2.51. The van der Waals surface area contributed by atoms with Crippen LogP contribution < -0.4 is 4.90 Å². The number of hydrogen-bond acceptors (Lipinski definition) is 3. The highest BCUT2D eigenvalue weighted by atomic mass is 79.9. The second-order valence-corrected chi connectivity index (χ2v) is 7.91. The Balaban J connectivity index is 2.21. The average Bonchev–Trinajstić information content (AvgIpc) is 2.67. The summed E-state index contributed by atoms with van der Waals surface area (Å²) in [4.78, 5) is 13.5. The van der Waals surface area contributed by atoms with Crippen molar-refractivity contribution in [2.45, 2.75) is 26.2 Å². The van der Waals surface area contributed by atoms with Crippen molar-refractivity contribution in [2.24, 2.45) is 5.92 Å². The van der Waals surface area contributed by atoms with Crippen molar-refractivity contribution in [1.29, 1.82) is 0 Å². The van der Waals surface area contributed by atoms with E-state index in [9.17, 15) is 17.1 Å². The van der Waals surface area contributed by atoms with E-state index in [-0.39, 0.29) is 18.9 Å². The van der Waals surface area contributed by atoms with Gasteiger partial charge in [-0.2, -0.15) is 8.42 Å². The van der Waals surface area contributed by atoms with Gasteiger partial charge < -0.3 is 4.90 Å². The highest BCUT2D eigenvalue weighted by Gasteiger charge is 2.34. The third-order valence-electron chi connectivity index (χ3n) is 3.57. The second-order valence-electron chi connectivity index (χ2n) is 5.65. The molecule has 1 atom stereocenters. The zero-order valence-corrected chi connectivity index (χ0v) is 14.2. The van der Waals surface area contributed by atoms with E-state index in [0.717, 1.165) is 10.0 Å². The number of benzene rings is 1. The van der Waals surface area contributed by atoms with Gasteiger partial charge in [0.15, 0.2) is 0 Å². The second kappa shape index (κ2) is 6.04. The molecule has 1 aliphatic heterocycles. The van der Waals surface area contributed by atoms with Crippen molar-refractivity contribution in [1.82, 2.24) is 0 Å². The molecule has 2 rings (SSSR count). The molecule has 7 heteroatoms. The van der Waals surface area contributed by atoms with Crippen LogP contribution in [0.25, 0.3) is 0 Å². The molecule has 0 aliphatic carbocycles. The lowest BCUT2D eigenvalue weighted by Gasteiger charge is -2.19. The highest BCUT2D eigenvalue weighted by Crippen LogP contribution is 2.34. The molecule has 0 radical (unpaired) electrons. The summed E-state index contributed by atoms with van der Waals surface area (Å²) in [5, 5.41) is 0. The molecule has 0 spiro atoms. The lowest BCUT2D eigenvalue weighted by Crippen LogP contribution is -2.25. The lowest BCUT2D eigenvalue weighted by molar-refractivity contribution is -0.117. The van der Waals surface area contributed by atoms with Crippen molar-refractivity contribution in [3.05, 3.63) is 28.2 Å². The quantitative estimate of drug-likeness (QED) is 0.756. The lowest BCUT2D eigenvalue weighted by atomic mass is 10.0. The number of carbonyl (C=O) groups is 1. The van der Waals surface area contributed by atoms with Crippen LogP contribution in [0.5, 0.6) is 0 Å². The van der Waals surface area contributed by atoms with Crippen LogP contribution in [0.2, 0.25) is 0 Å². The molecule has 1 amide bonds. The molecular formula is C14H17BrFNO3S. The SMILES string of the molecule is CC(C)c1ccc(N2CC(CS(=O)(=O)F)CC2=O)c(Br)c1. The van der Waals surface area contributed by atoms with E-state index >= 15 is 0 Å². The summed E-state index contributed by atoms with van der Waals surface area (Å²) in [7, 11) is -4.56. The van der Waals surface area contributed by atoms with E-state index in [0.29, 0.717) is 11.6 Å². The van der Waals surface area contributed by atoms with Crippen LogP contribution in [-0.4, -0.2) is 26.6 Å². The molecule has 0 saturated carbocycles. The van der Waals surface area contributed by atoms with Crippen LogP contribution in [0.1, 0.15) is 31.7 Å². The van der Waals surface area contributed by atoms with Gasteiger partial charge in [0.05, 0.1) is 11.4 Å². The first kappa shape index (κ1) is 16.4. The van der Waals surface area contributed by atoms with Gasteiger partial charge in [-0.15, -0.1) is 3.89 Å². The average molecular weight is 378 g/mol. The molecule has 0 aromatic heterocycles. The normalized spacial score (nSPS) is 19.6. The van der Waals surface area contributed by atoms with Gasteiger partial charge >= 0.3 is 10.2 Å². The van der Waals surface area contributed by atoms with Gasteiger partial charge in [0.1, 0.15) is 0 Å². The first-order valence-electron chi connectivity index (χ1n) is 6.69. The Labute approximate surface area is 132 Å². The molecule has 0 N–H and O–H groups in total. The molecule has 4 nitrogen and oxygen atoms in total. The fraction of sp³-hybridized carbons (Fsp3) is 0.500. The standard InChI is InChI=1S/C14H17BrFNO3S/c1-9(2)11-3-4-13(12(15)6-11)17-7-10(5-14(17)18)8-21(16,19)20/h3-4,6,9-10H,5,7-8H2,1-2H3. The van der Waals surface area contributed by atoms with E-state index < -0.39 is 21.9 Å². The highest BCUT2D eigenvalue weighted by molar-refractivity contribution is 9.10. The van der Waals surface area contributed by atoms with Crippen LogP contribution in [0.3, 0.4) is 0 Å². The van der Waals surface area contributed by atoms with Gasteiger partial charge in [-0.25, -0.2) is 0 Å². The van der Waals surface area contributed by atoms with Crippen molar-refractivity contribution in [3.63, 3.8) is 0 Å². The summed E-state index contributed by atoms with van der Waals surface area (Å²) in [6.07, 6.45) is 0.0571. The Morgan fingerprint density at radius 1 is 1.43 bits per heavy atom. The maximum Gasteiger partial charge on any atom is 0.302 e. The molecule has 21 heavy (non-hydrogen) atoms. The number of anilines is 1. The van der Waals surface area contributed by atoms with Crippen LogP contribution in [-0.2, 0) is 15.0 Å². The number of rotatable bonds is 4. The van der Waals surface area contributed by atoms with Crippen molar-refractivity contribution in [3.8, 4) is 0 Å². The summed E-state index contributed by atoms with van der Waals surface area (Å²) in [5.41, 5.74) is 1.84. The van der Waals surface area contributed by atoms with Crippen LogP contribution in [0.4, 0.5) is 9.57 Å². The Bertz CT molecular complexity index is 660. The molecule has 0 bridgehead atoms. The van der Waals surface area contributed by atoms with Gasteiger partial charge in [-0.3, -0.25) is 4.79 Å². The molecule has 1 aromatic rings. The first-order valence-corrected chi connectivity index (χ1v) is 9.04. The Morgan fingerprint density at radius 2 is 2.10 bits per heavy atom. The zero-order valence-electron chi connectivity index (χ0n) is 11.8. The van der Waals surface area contributed by atoms with Gasteiger partial charge in [-0.1, -0.05) is 19.9 Å². The number of hydrogen-bond donors (Lipinski definition) is 0. The fourth-order valence-corrected chi connectivity index (χ4v) is 3.91. The van der Waals surface area contributed by atoms with Gasteiger partial charge in [0.25, 0.3) is 0 Å².